The third kappa shape index (κ3) is 5.72. The molecular formula is C56H37N. The molecule has 10 aromatic carbocycles. The van der Waals surface area contributed by atoms with Crippen LogP contribution in [0.2, 0.25) is 0 Å². The summed E-state index contributed by atoms with van der Waals surface area (Å²) in [7, 11) is 0. The molecule has 1 heteroatoms. The fourth-order valence-corrected chi connectivity index (χ4v) is 8.85. The maximum absolute atomic E-state index is 2.41. The van der Waals surface area contributed by atoms with Crippen LogP contribution < -0.4 is 0 Å². The van der Waals surface area contributed by atoms with Crippen LogP contribution in [0.4, 0.5) is 0 Å². The molecule has 0 saturated heterocycles. The lowest BCUT2D eigenvalue weighted by molar-refractivity contribution is 1.10. The van der Waals surface area contributed by atoms with E-state index in [-0.39, 0.29) is 0 Å². The average Bonchev–Trinajstić information content (AvgIpc) is 3.74. The Balaban J connectivity index is 1.17. The van der Waals surface area contributed by atoms with Gasteiger partial charge in [0.2, 0.25) is 0 Å². The van der Waals surface area contributed by atoms with Crippen molar-refractivity contribution in [2.45, 2.75) is 0 Å². The summed E-state index contributed by atoms with van der Waals surface area (Å²) in [6.07, 6.45) is 0. The summed E-state index contributed by atoms with van der Waals surface area (Å²) in [5.41, 5.74) is 13.1. The summed E-state index contributed by atoms with van der Waals surface area (Å²) < 4.78 is 2.40. The standard InChI is InChI=1S/C56H37N/c1-3-15-40(16-4-1)53-33-34-54(41-17-5-2-6-18-41)57(53)48-29-27-42(28-30-48)55-50-22-12-11-21-45(50)37-52-49(46-25-23-38-13-7-9-19-43(38)35-46)31-32-51(56(52)55)47-26-24-39-14-8-10-20-44(39)36-47/h1-37H. The van der Waals surface area contributed by atoms with Crippen LogP contribution in [0.1, 0.15) is 0 Å². The molecule has 11 aromatic rings. The average molecular weight is 724 g/mol. The van der Waals surface area contributed by atoms with Crippen molar-refractivity contribution >= 4 is 43.1 Å². The molecule has 0 aliphatic carbocycles. The highest BCUT2D eigenvalue weighted by Gasteiger charge is 2.20. The molecule has 0 radical (unpaired) electrons. The van der Waals surface area contributed by atoms with E-state index in [0.29, 0.717) is 0 Å². The molecule has 0 amide bonds. The first-order valence-electron chi connectivity index (χ1n) is 19.7. The van der Waals surface area contributed by atoms with Gasteiger partial charge >= 0.3 is 0 Å². The van der Waals surface area contributed by atoms with Crippen molar-refractivity contribution < 1.29 is 0 Å². The van der Waals surface area contributed by atoms with Crippen molar-refractivity contribution in [1.29, 1.82) is 0 Å². The highest BCUT2D eigenvalue weighted by Crippen LogP contribution is 2.46. The lowest BCUT2D eigenvalue weighted by Crippen LogP contribution is -1.99. The van der Waals surface area contributed by atoms with Crippen LogP contribution in [-0.4, -0.2) is 4.57 Å². The van der Waals surface area contributed by atoms with Gasteiger partial charge in [-0.3, -0.25) is 0 Å². The summed E-state index contributed by atoms with van der Waals surface area (Å²) in [5, 5.41) is 9.95. The topological polar surface area (TPSA) is 4.93 Å². The zero-order chi connectivity index (χ0) is 37.7. The molecule has 1 aromatic heterocycles. The molecule has 11 rings (SSSR count). The molecule has 57 heavy (non-hydrogen) atoms. The van der Waals surface area contributed by atoms with Gasteiger partial charge in [-0.15, -0.1) is 0 Å². The maximum Gasteiger partial charge on any atom is 0.0535 e. The second kappa shape index (κ2) is 13.7. The van der Waals surface area contributed by atoms with Crippen molar-refractivity contribution in [2.75, 3.05) is 0 Å². The maximum atomic E-state index is 2.41. The summed E-state index contributed by atoms with van der Waals surface area (Å²) >= 11 is 0. The Bertz CT molecular complexity index is 3210. The summed E-state index contributed by atoms with van der Waals surface area (Å²) in [6.45, 7) is 0. The van der Waals surface area contributed by atoms with Crippen molar-refractivity contribution in [3.8, 4) is 61.6 Å². The Morgan fingerprint density at radius 2 is 0.737 bits per heavy atom. The number of fused-ring (bicyclic) bond motifs is 4. The van der Waals surface area contributed by atoms with Crippen LogP contribution in [0.15, 0.2) is 224 Å². The van der Waals surface area contributed by atoms with Crippen LogP contribution in [0, 0.1) is 0 Å². The Morgan fingerprint density at radius 3 is 1.33 bits per heavy atom. The van der Waals surface area contributed by atoms with E-state index < -0.39 is 0 Å². The molecule has 0 N–H and O–H groups in total. The number of hydrogen-bond donors (Lipinski definition) is 0. The monoisotopic (exact) mass is 723 g/mol. The molecule has 266 valence electrons. The predicted octanol–water partition coefficient (Wildman–Crippen LogP) is 15.4. The van der Waals surface area contributed by atoms with Crippen LogP contribution in [0.25, 0.3) is 105 Å². The van der Waals surface area contributed by atoms with Gasteiger partial charge in [-0.2, -0.15) is 0 Å². The Labute approximate surface area is 332 Å². The van der Waals surface area contributed by atoms with E-state index in [4.69, 9.17) is 0 Å². The van der Waals surface area contributed by atoms with Gasteiger partial charge in [0.1, 0.15) is 0 Å². The first-order valence-corrected chi connectivity index (χ1v) is 19.7. The number of hydrogen-bond acceptors (Lipinski definition) is 0. The van der Waals surface area contributed by atoms with E-state index in [1.807, 2.05) is 0 Å². The number of rotatable bonds is 6. The molecule has 0 aliphatic heterocycles. The lowest BCUT2D eigenvalue weighted by atomic mass is 9.84. The van der Waals surface area contributed by atoms with Gasteiger partial charge in [-0.1, -0.05) is 182 Å². The van der Waals surface area contributed by atoms with Crippen LogP contribution >= 0.6 is 0 Å². The smallest absolute Gasteiger partial charge is 0.0535 e. The van der Waals surface area contributed by atoms with E-state index >= 15 is 0 Å². The molecule has 0 fully saturated rings. The SMILES string of the molecule is c1ccc(-c2ccc(-c3ccccc3)n2-c2ccc(-c3c4ccccc4cc4c(-c5ccc6ccccc6c5)ccc(-c5ccc6ccccc6c5)c34)cc2)cc1. The van der Waals surface area contributed by atoms with Gasteiger partial charge in [0, 0.05) is 5.69 Å². The molecule has 1 nitrogen and oxygen atoms in total. The molecule has 1 heterocycles. The van der Waals surface area contributed by atoms with E-state index in [1.54, 1.807) is 0 Å². The van der Waals surface area contributed by atoms with Gasteiger partial charge < -0.3 is 4.57 Å². The van der Waals surface area contributed by atoms with Crippen molar-refractivity contribution in [2.24, 2.45) is 0 Å². The fraction of sp³-hybridized carbons (Fsp3) is 0. The summed E-state index contributed by atoms with van der Waals surface area (Å²) in [4.78, 5) is 0. The highest BCUT2D eigenvalue weighted by atomic mass is 15.0. The predicted molar refractivity (Wildman–Crippen MR) is 243 cm³/mol. The van der Waals surface area contributed by atoms with Gasteiger partial charge in [-0.25, -0.2) is 0 Å². The first kappa shape index (κ1) is 32.9. The summed E-state index contributed by atoms with van der Waals surface area (Å²) in [6, 6.07) is 82.2. The van der Waals surface area contributed by atoms with E-state index in [0.717, 1.165) is 17.1 Å². The number of nitrogens with zero attached hydrogens (tertiary/aromatic N) is 1. The van der Waals surface area contributed by atoms with Gasteiger partial charge in [0.05, 0.1) is 11.4 Å². The molecule has 0 bridgehead atoms. The summed E-state index contributed by atoms with van der Waals surface area (Å²) in [5.74, 6) is 0. The number of aromatic nitrogens is 1. The normalized spacial score (nSPS) is 11.5. The second-order valence-electron chi connectivity index (χ2n) is 14.9. The number of benzene rings is 10. The Kier molecular flexibility index (Phi) is 7.89. The molecule has 0 atom stereocenters. The molecule has 0 aliphatic rings. The minimum Gasteiger partial charge on any atom is -0.309 e. The highest BCUT2D eigenvalue weighted by molar-refractivity contribution is 6.21. The zero-order valence-corrected chi connectivity index (χ0v) is 31.3. The molecule has 0 unspecified atom stereocenters. The van der Waals surface area contributed by atoms with E-state index in [2.05, 4.69) is 229 Å². The van der Waals surface area contributed by atoms with Crippen molar-refractivity contribution in [3.63, 3.8) is 0 Å². The van der Waals surface area contributed by atoms with E-state index in [9.17, 15) is 0 Å². The van der Waals surface area contributed by atoms with Crippen LogP contribution in [-0.2, 0) is 0 Å². The molecule has 0 spiro atoms. The second-order valence-corrected chi connectivity index (χ2v) is 14.9. The third-order valence-electron chi connectivity index (χ3n) is 11.6. The minimum atomic E-state index is 1.12. The Morgan fingerprint density at radius 1 is 0.263 bits per heavy atom. The van der Waals surface area contributed by atoms with Crippen molar-refractivity contribution in [3.05, 3.63) is 224 Å². The minimum absolute atomic E-state index is 1.12. The third-order valence-corrected chi connectivity index (χ3v) is 11.6. The Hall–Kier alpha value is -7.48. The molecular weight excluding hydrogens is 687 g/mol. The largest absolute Gasteiger partial charge is 0.309 e. The van der Waals surface area contributed by atoms with Gasteiger partial charge in [0.15, 0.2) is 0 Å². The quantitative estimate of drug-likeness (QED) is 0.151. The fourth-order valence-electron chi connectivity index (χ4n) is 8.85. The van der Waals surface area contributed by atoms with Gasteiger partial charge in [-0.05, 0) is 130 Å². The van der Waals surface area contributed by atoms with Gasteiger partial charge in [0.25, 0.3) is 0 Å². The lowest BCUT2D eigenvalue weighted by Gasteiger charge is -2.20. The zero-order valence-electron chi connectivity index (χ0n) is 31.3. The van der Waals surface area contributed by atoms with Crippen LogP contribution in [0.5, 0.6) is 0 Å². The van der Waals surface area contributed by atoms with E-state index in [1.165, 1.54) is 87.6 Å². The molecule has 0 saturated carbocycles. The first-order chi connectivity index (χ1) is 28.3. The van der Waals surface area contributed by atoms with Crippen molar-refractivity contribution in [1.82, 2.24) is 4.57 Å². The van der Waals surface area contributed by atoms with Crippen LogP contribution in [0.3, 0.4) is 0 Å².